The molecule has 0 bridgehead atoms. The molecule has 0 aliphatic heterocycles. The van der Waals surface area contributed by atoms with Crippen LogP contribution >= 0.6 is 0 Å². The lowest BCUT2D eigenvalue weighted by atomic mass is 9.83. The lowest BCUT2D eigenvalue weighted by Gasteiger charge is -2.35. The van der Waals surface area contributed by atoms with Crippen molar-refractivity contribution in [1.29, 1.82) is 0 Å². The molecule has 5 N–H and O–H groups in total. The van der Waals surface area contributed by atoms with Crippen molar-refractivity contribution in [3.8, 4) is 0 Å². The average molecular weight is 663 g/mol. The van der Waals surface area contributed by atoms with E-state index in [-0.39, 0.29) is 64.8 Å². The molecular formula is C35H42N4O9. The molecule has 4 amide bonds. The number of carbonyl (C=O) groups is 5. The first-order chi connectivity index (χ1) is 23.2. The summed E-state index contributed by atoms with van der Waals surface area (Å²) in [7, 11) is 0. The van der Waals surface area contributed by atoms with Crippen LogP contribution in [0.3, 0.4) is 0 Å². The van der Waals surface area contributed by atoms with Crippen molar-refractivity contribution in [2.24, 2.45) is 0 Å². The number of hydrogen-bond acceptors (Lipinski definition) is 8. The van der Waals surface area contributed by atoms with Gasteiger partial charge >= 0.3 is 5.97 Å². The molecule has 0 fully saturated rings. The minimum Gasteiger partial charge on any atom is -0.481 e. The lowest BCUT2D eigenvalue weighted by Crippen LogP contribution is -2.50. The highest BCUT2D eigenvalue weighted by Crippen LogP contribution is 2.27. The second-order valence-electron chi connectivity index (χ2n) is 11.1. The molecule has 0 heterocycles. The number of benzene rings is 3. The van der Waals surface area contributed by atoms with Crippen LogP contribution in [-0.4, -0.2) is 40.2 Å². The molecule has 0 saturated carbocycles. The second-order valence-corrected chi connectivity index (χ2v) is 11.1. The first-order valence-corrected chi connectivity index (χ1v) is 15.6. The Kier molecular flexibility index (Phi) is 16.3. The van der Waals surface area contributed by atoms with Gasteiger partial charge in [0.15, 0.2) is 0 Å². The molecule has 0 aliphatic carbocycles. The molecule has 0 spiro atoms. The Morgan fingerprint density at radius 3 is 1.12 bits per heavy atom. The van der Waals surface area contributed by atoms with Crippen molar-refractivity contribution in [2.45, 2.75) is 76.7 Å². The van der Waals surface area contributed by atoms with E-state index in [2.05, 4.69) is 21.8 Å². The smallest absolute Gasteiger partial charge is 0.303 e. The highest BCUT2D eigenvalue weighted by molar-refractivity contribution is 5.82. The van der Waals surface area contributed by atoms with Gasteiger partial charge in [0.1, 0.15) is 0 Å². The fraction of sp³-hybridized carbons (Fsp3) is 0.343. The van der Waals surface area contributed by atoms with Gasteiger partial charge in [-0.1, -0.05) is 91.0 Å². The monoisotopic (exact) mass is 662 g/mol. The molecule has 256 valence electrons. The molecule has 3 rings (SSSR count). The minimum absolute atomic E-state index is 0.0165. The van der Waals surface area contributed by atoms with E-state index in [9.17, 15) is 24.0 Å². The Morgan fingerprint density at radius 1 is 0.479 bits per heavy atom. The summed E-state index contributed by atoms with van der Waals surface area (Å²) in [6.07, 6.45) is -1.10. The number of amides is 4. The standard InChI is InChI=1S/C35H42N4O9/c40-30(16-17-34(44)45)36-35(21-18-31(41)37-46-24-27-10-4-1-5-11-27,22-19-32(42)38-47-25-28-12-6-2-7-13-28)23-20-33(43)39-48-26-29-14-8-3-9-15-29/h1-15H,16-26H2,(H,36,40)(H,37,41)(H,38,42)(H,39,43)(H,44,45). The predicted molar refractivity (Wildman–Crippen MR) is 174 cm³/mol. The Morgan fingerprint density at radius 2 is 0.812 bits per heavy atom. The van der Waals surface area contributed by atoms with E-state index >= 15 is 0 Å². The molecular weight excluding hydrogens is 620 g/mol. The van der Waals surface area contributed by atoms with Gasteiger partial charge in [-0.05, 0) is 36.0 Å². The summed E-state index contributed by atoms with van der Waals surface area (Å²) in [5.74, 6) is -3.21. The molecule has 0 saturated heterocycles. The first kappa shape index (κ1) is 37.3. The Hall–Kier alpha value is -5.11. The highest BCUT2D eigenvalue weighted by atomic mass is 16.7. The zero-order valence-corrected chi connectivity index (χ0v) is 26.7. The Bertz CT molecular complexity index is 1290. The molecule has 0 atom stereocenters. The van der Waals surface area contributed by atoms with Crippen LogP contribution in [0, 0.1) is 0 Å². The van der Waals surface area contributed by atoms with Crippen molar-refractivity contribution in [3.05, 3.63) is 108 Å². The normalized spacial score (nSPS) is 10.9. The number of carboxylic acids is 1. The van der Waals surface area contributed by atoms with E-state index in [0.717, 1.165) is 16.7 Å². The fourth-order valence-electron chi connectivity index (χ4n) is 4.68. The molecule has 0 aromatic heterocycles. The fourth-order valence-corrected chi connectivity index (χ4v) is 4.68. The van der Waals surface area contributed by atoms with Crippen LogP contribution in [-0.2, 0) is 58.3 Å². The summed E-state index contributed by atoms with van der Waals surface area (Å²) >= 11 is 0. The van der Waals surface area contributed by atoms with Gasteiger partial charge < -0.3 is 10.4 Å². The average Bonchev–Trinajstić information content (AvgIpc) is 3.09. The van der Waals surface area contributed by atoms with Crippen molar-refractivity contribution < 1.29 is 43.6 Å². The number of aliphatic carboxylic acids is 1. The van der Waals surface area contributed by atoms with E-state index in [1.165, 1.54) is 0 Å². The predicted octanol–water partition coefficient (Wildman–Crippen LogP) is 3.79. The summed E-state index contributed by atoms with van der Waals surface area (Å²) in [6, 6.07) is 27.7. The van der Waals surface area contributed by atoms with E-state index in [4.69, 9.17) is 19.6 Å². The van der Waals surface area contributed by atoms with Gasteiger partial charge in [-0.2, -0.15) is 0 Å². The molecule has 48 heavy (non-hydrogen) atoms. The first-order valence-electron chi connectivity index (χ1n) is 15.6. The summed E-state index contributed by atoms with van der Waals surface area (Å²) in [5, 5.41) is 11.9. The SMILES string of the molecule is O=C(O)CCC(=O)NC(CCC(=O)NOCc1ccccc1)(CCC(=O)NOCc1ccccc1)CCC(=O)NOCc1ccccc1. The Balaban J connectivity index is 1.66. The van der Waals surface area contributed by atoms with Gasteiger partial charge in [0.25, 0.3) is 0 Å². The molecule has 0 unspecified atom stereocenters. The van der Waals surface area contributed by atoms with Gasteiger partial charge in [0.2, 0.25) is 23.6 Å². The number of nitrogens with one attached hydrogen (secondary N) is 4. The summed E-state index contributed by atoms with van der Waals surface area (Å²) in [6.45, 7) is 0.405. The molecule has 0 aliphatic rings. The third-order valence-electron chi connectivity index (χ3n) is 7.27. The Labute approximate surface area is 279 Å². The van der Waals surface area contributed by atoms with Gasteiger partial charge in [-0.3, -0.25) is 38.5 Å². The highest BCUT2D eigenvalue weighted by Gasteiger charge is 2.34. The van der Waals surface area contributed by atoms with Crippen LogP contribution < -0.4 is 21.8 Å². The third-order valence-corrected chi connectivity index (χ3v) is 7.27. The van der Waals surface area contributed by atoms with E-state index in [1.54, 1.807) is 0 Å². The summed E-state index contributed by atoms with van der Waals surface area (Å²) in [4.78, 5) is 78.4. The van der Waals surface area contributed by atoms with Crippen LogP contribution in [0.15, 0.2) is 91.0 Å². The van der Waals surface area contributed by atoms with Crippen LogP contribution in [0.25, 0.3) is 0 Å². The topological polar surface area (TPSA) is 181 Å². The van der Waals surface area contributed by atoms with Gasteiger partial charge in [-0.25, -0.2) is 16.4 Å². The minimum atomic E-state index is -1.25. The van der Waals surface area contributed by atoms with Gasteiger partial charge in [-0.15, -0.1) is 0 Å². The zero-order valence-electron chi connectivity index (χ0n) is 26.7. The van der Waals surface area contributed by atoms with Crippen LogP contribution in [0.1, 0.15) is 68.1 Å². The maximum absolute atomic E-state index is 12.9. The maximum atomic E-state index is 12.9. The van der Waals surface area contributed by atoms with E-state index < -0.39 is 41.6 Å². The van der Waals surface area contributed by atoms with Crippen molar-refractivity contribution in [1.82, 2.24) is 21.8 Å². The van der Waals surface area contributed by atoms with Crippen molar-refractivity contribution in [2.75, 3.05) is 0 Å². The van der Waals surface area contributed by atoms with Crippen LogP contribution in [0.4, 0.5) is 0 Å². The lowest BCUT2D eigenvalue weighted by molar-refractivity contribution is -0.139. The third kappa shape index (κ3) is 15.5. The van der Waals surface area contributed by atoms with Crippen molar-refractivity contribution in [3.63, 3.8) is 0 Å². The molecule has 0 radical (unpaired) electrons. The summed E-state index contributed by atoms with van der Waals surface area (Å²) < 4.78 is 0. The molecule has 3 aromatic carbocycles. The number of carboxylic acid groups (broad SMARTS) is 1. The number of hydrogen-bond donors (Lipinski definition) is 5. The van der Waals surface area contributed by atoms with Crippen molar-refractivity contribution >= 4 is 29.6 Å². The second kappa shape index (κ2) is 20.9. The summed E-state index contributed by atoms with van der Waals surface area (Å²) in [5.41, 5.74) is 8.45. The largest absolute Gasteiger partial charge is 0.481 e. The molecule has 13 heteroatoms. The molecule has 13 nitrogen and oxygen atoms in total. The van der Waals surface area contributed by atoms with Gasteiger partial charge in [0, 0.05) is 31.2 Å². The van der Waals surface area contributed by atoms with Gasteiger partial charge in [0.05, 0.1) is 26.2 Å². The molecule has 3 aromatic rings. The number of rotatable bonds is 22. The maximum Gasteiger partial charge on any atom is 0.303 e. The van der Waals surface area contributed by atoms with Crippen LogP contribution in [0.2, 0.25) is 0 Å². The van der Waals surface area contributed by atoms with Crippen LogP contribution in [0.5, 0.6) is 0 Å². The number of hydroxylamine groups is 3. The quantitative estimate of drug-likeness (QED) is 0.100. The van der Waals surface area contributed by atoms with E-state index in [1.807, 2.05) is 91.0 Å². The zero-order chi connectivity index (χ0) is 34.5. The number of carbonyl (C=O) groups excluding carboxylic acids is 4. The van der Waals surface area contributed by atoms with E-state index in [0.29, 0.717) is 0 Å².